The molecule has 0 radical (unpaired) electrons. The fourth-order valence-corrected chi connectivity index (χ4v) is 12.1. The molecule has 4 aliphatic rings. The van der Waals surface area contributed by atoms with Gasteiger partial charge >= 0.3 is 5.97 Å². The van der Waals surface area contributed by atoms with Crippen molar-refractivity contribution in [1.29, 1.82) is 0 Å². The van der Waals surface area contributed by atoms with E-state index in [9.17, 15) is 42.9 Å². The number of amides is 1. The fourth-order valence-electron chi connectivity index (χ4n) is 10.7. The van der Waals surface area contributed by atoms with Crippen LogP contribution in [0, 0.1) is 35.5 Å². The molecule has 0 unspecified atom stereocenters. The second-order valence-corrected chi connectivity index (χ2v) is 22.8. The second kappa shape index (κ2) is 27.1. The number of methoxy groups -OCH3 is 2. The van der Waals surface area contributed by atoms with E-state index in [1.165, 1.54) is 12.0 Å². The Morgan fingerprint density at radius 1 is 0.870 bits per heavy atom. The normalized spacial score (nSPS) is 39.0. The summed E-state index contributed by atoms with van der Waals surface area (Å²) in [7, 11) is -0.712. The summed E-state index contributed by atoms with van der Waals surface area (Å²) in [6, 6.07) is -1.85. The van der Waals surface area contributed by atoms with Gasteiger partial charge in [0.25, 0.3) is 11.7 Å². The molecular weight excluding hydrogens is 905 g/mol. The van der Waals surface area contributed by atoms with Crippen molar-refractivity contribution in [2.45, 2.75) is 200 Å². The van der Waals surface area contributed by atoms with Crippen LogP contribution in [0.15, 0.2) is 47.6 Å². The Kier molecular flexibility index (Phi) is 23.0. The van der Waals surface area contributed by atoms with Gasteiger partial charge in [-0.15, -0.1) is 0 Å². The van der Waals surface area contributed by atoms with Gasteiger partial charge in [0.15, 0.2) is 5.78 Å². The number of fused-ring (bicyclic) bond motifs is 3. The number of ketones is 2. The molecule has 1 amide bonds. The number of carbonyl (C=O) groups is 4. The van der Waals surface area contributed by atoms with Gasteiger partial charge in [0.05, 0.1) is 24.1 Å². The molecule has 2 bridgehead atoms. The number of aliphatic hydroxyl groups excluding tert-OH is 2. The third kappa shape index (κ3) is 16.5. The molecule has 16 heteroatoms. The number of allylic oxidation sites excluding steroid dienone is 6. The summed E-state index contributed by atoms with van der Waals surface area (Å²) in [5, 5.41) is 34.1. The molecule has 2 saturated heterocycles. The Morgan fingerprint density at radius 2 is 1.59 bits per heavy atom. The van der Waals surface area contributed by atoms with Crippen molar-refractivity contribution in [2.75, 3.05) is 26.5 Å². The van der Waals surface area contributed by atoms with E-state index in [-0.39, 0.29) is 60.7 Å². The zero-order valence-corrected chi connectivity index (χ0v) is 44.0. The summed E-state index contributed by atoms with van der Waals surface area (Å²) in [4.78, 5) is 58.2. The molecule has 4 N–H and O–H groups in total. The van der Waals surface area contributed by atoms with E-state index in [4.69, 9.17) is 18.9 Å². The predicted molar refractivity (Wildman–Crippen MR) is 265 cm³/mol. The van der Waals surface area contributed by atoms with Crippen molar-refractivity contribution in [2.24, 2.45) is 35.5 Å². The smallest absolute Gasteiger partial charge is 0.329 e. The summed E-state index contributed by atoms with van der Waals surface area (Å²) in [5.41, 5.74) is 1.24. The molecule has 3 fully saturated rings. The quantitative estimate of drug-likeness (QED) is 0.108. The summed E-state index contributed by atoms with van der Waals surface area (Å²) in [6.45, 7) is 14.9. The van der Waals surface area contributed by atoms with Gasteiger partial charge in [-0.3, -0.25) is 14.4 Å². The number of nitrogens with zero attached hydrogens (tertiary/aromatic N) is 1. The molecule has 0 aromatic heterocycles. The van der Waals surface area contributed by atoms with Crippen LogP contribution in [-0.2, 0) is 48.1 Å². The van der Waals surface area contributed by atoms with Crippen molar-refractivity contribution >= 4 is 33.5 Å². The number of nitrogens with one attached hydrogen (secondary N) is 1. The Balaban J connectivity index is 1.72. The molecule has 4 rings (SSSR count). The van der Waals surface area contributed by atoms with Crippen LogP contribution in [0.1, 0.15) is 145 Å². The number of ether oxygens (including phenoxy) is 4. The zero-order chi connectivity index (χ0) is 51.2. The lowest BCUT2D eigenvalue weighted by molar-refractivity contribution is -0.264. The number of sulfonamides is 1. The highest BCUT2D eigenvalue weighted by Crippen LogP contribution is 2.38. The van der Waals surface area contributed by atoms with Gasteiger partial charge in [-0.25, -0.2) is 17.9 Å². The van der Waals surface area contributed by atoms with Gasteiger partial charge in [-0.2, -0.15) is 0 Å². The van der Waals surface area contributed by atoms with Crippen molar-refractivity contribution < 1.29 is 61.9 Å². The average molecular weight is 991 g/mol. The van der Waals surface area contributed by atoms with E-state index in [2.05, 4.69) is 4.72 Å². The number of carbonyl (C=O) groups excluding carboxylic acids is 4. The molecule has 0 aromatic rings. The number of piperidine rings is 1. The molecule has 1 aliphatic carbocycles. The van der Waals surface area contributed by atoms with E-state index in [0.717, 1.165) is 6.42 Å². The maximum atomic E-state index is 14.5. The minimum atomic E-state index is -3.73. The van der Waals surface area contributed by atoms with Gasteiger partial charge in [0.1, 0.15) is 24.4 Å². The van der Waals surface area contributed by atoms with E-state index in [1.807, 2.05) is 52.0 Å². The molecule has 0 spiro atoms. The van der Waals surface area contributed by atoms with Gasteiger partial charge in [-0.1, -0.05) is 83.6 Å². The summed E-state index contributed by atoms with van der Waals surface area (Å²) >= 11 is 0. The average Bonchev–Trinajstić information content (AvgIpc) is 3.30. The minimum absolute atomic E-state index is 0.00916. The Morgan fingerprint density at radius 3 is 2.28 bits per heavy atom. The largest absolute Gasteiger partial charge is 0.461 e. The van der Waals surface area contributed by atoms with Gasteiger partial charge in [0, 0.05) is 38.6 Å². The topological polar surface area (TPSA) is 215 Å². The van der Waals surface area contributed by atoms with Crippen molar-refractivity contribution in [3.8, 4) is 0 Å². The second-order valence-electron chi connectivity index (χ2n) is 21.0. The van der Waals surface area contributed by atoms with Gasteiger partial charge < -0.3 is 39.2 Å². The maximum Gasteiger partial charge on any atom is 0.329 e. The third-order valence-corrected chi connectivity index (χ3v) is 16.7. The first-order valence-corrected chi connectivity index (χ1v) is 27.3. The summed E-state index contributed by atoms with van der Waals surface area (Å²) in [5.74, 6) is -6.94. The first kappa shape index (κ1) is 58.5. The lowest BCUT2D eigenvalue weighted by Crippen LogP contribution is -2.61. The van der Waals surface area contributed by atoms with Gasteiger partial charge in [-0.05, 0) is 133 Å². The Bertz CT molecular complexity index is 1950. The Labute approximate surface area is 412 Å². The van der Waals surface area contributed by atoms with E-state index in [0.29, 0.717) is 81.8 Å². The number of Topliss-reactive ketones (excluding diaryl/α,β-unsaturated/α-hetero) is 2. The van der Waals surface area contributed by atoms with Crippen LogP contribution in [-0.4, -0.2) is 133 Å². The molecule has 69 heavy (non-hydrogen) atoms. The van der Waals surface area contributed by atoms with Gasteiger partial charge in [0.2, 0.25) is 15.8 Å². The molecule has 15 atom stereocenters. The van der Waals surface area contributed by atoms with Crippen LogP contribution < -0.4 is 4.72 Å². The minimum Gasteiger partial charge on any atom is -0.461 e. The fraction of sp³-hybridized carbons (Fsp3) is 0.774. The molecule has 3 aliphatic heterocycles. The summed E-state index contributed by atoms with van der Waals surface area (Å²) < 4.78 is 53.0. The first-order chi connectivity index (χ1) is 32.5. The SMILES string of the molecule is CCCS(=O)(=O)N[C@@H]1C[C@@H]2CC[C@@H](C)[C@@](O)(O2)C(=O)C(=O)N2CCCC[C@H]2C(=O)O[C@H]([C@H](C)C[C@@H]2CC[C@@H](O)[C@H](OC)C2)CC[C@H](C)/C=C(\C)[C@@H](O)[C@@H](OC)C(=O)[C@H](C)C[C@H](C)/C=C/C=C/C=C/1C. The molecule has 0 aromatic carbocycles. The monoisotopic (exact) mass is 991 g/mol. The first-order valence-electron chi connectivity index (χ1n) is 25.7. The Hall–Kier alpha value is -3.09. The van der Waals surface area contributed by atoms with Crippen LogP contribution in [0.5, 0.6) is 0 Å². The molecule has 392 valence electrons. The van der Waals surface area contributed by atoms with Crippen LogP contribution in [0.2, 0.25) is 0 Å². The van der Waals surface area contributed by atoms with E-state index in [1.54, 1.807) is 47.0 Å². The van der Waals surface area contributed by atoms with Crippen molar-refractivity contribution in [3.63, 3.8) is 0 Å². The van der Waals surface area contributed by atoms with Crippen LogP contribution in [0.3, 0.4) is 0 Å². The number of hydrogen-bond acceptors (Lipinski definition) is 13. The lowest BCUT2D eigenvalue weighted by Gasteiger charge is -2.43. The van der Waals surface area contributed by atoms with Crippen LogP contribution >= 0.6 is 0 Å². The summed E-state index contributed by atoms with van der Waals surface area (Å²) in [6.07, 6.45) is 13.5. The predicted octanol–water partition coefficient (Wildman–Crippen LogP) is 6.68. The number of esters is 1. The van der Waals surface area contributed by atoms with E-state index >= 15 is 0 Å². The number of hydrogen-bond donors (Lipinski definition) is 4. The highest BCUT2D eigenvalue weighted by Gasteiger charge is 2.53. The van der Waals surface area contributed by atoms with Crippen molar-refractivity contribution in [3.05, 3.63) is 47.6 Å². The molecular formula is C53H86N2O13S. The maximum absolute atomic E-state index is 14.5. The molecule has 1 saturated carbocycles. The third-order valence-electron chi connectivity index (χ3n) is 15.1. The highest BCUT2D eigenvalue weighted by atomic mass is 32.2. The van der Waals surface area contributed by atoms with Crippen LogP contribution in [0.25, 0.3) is 0 Å². The number of rotatable bonds is 9. The van der Waals surface area contributed by atoms with E-state index < -0.39 is 87.9 Å². The number of aliphatic hydroxyl groups is 3. The lowest BCUT2D eigenvalue weighted by atomic mass is 9.78. The molecule has 3 heterocycles. The van der Waals surface area contributed by atoms with Crippen molar-refractivity contribution in [1.82, 2.24) is 9.62 Å². The van der Waals surface area contributed by atoms with Crippen LogP contribution in [0.4, 0.5) is 0 Å². The number of cyclic esters (lactones) is 1. The zero-order valence-electron chi connectivity index (χ0n) is 43.1. The highest BCUT2D eigenvalue weighted by molar-refractivity contribution is 7.89. The molecule has 15 nitrogen and oxygen atoms in total. The standard InChI is InChI=1S/C53H86N2O13S/c1-11-27-69(63,64)54-42-32-41-23-21-39(8)53(62,68-41)50(59)51(60)55-26-16-15-19-43(55)52(61)67-45(36(5)30-40-22-24-44(56)46(31-40)65-9)25-20-34(3)29-38(7)48(58)49(66-10)47(57)37(6)28-33(2)17-13-12-14-18-35(42)4/h12-14,17-18,29,33-34,36-37,39-46,48-49,54,56,58,62H,11,15-16,19-28,30-32H2,1-10H3/b14-12+,17-13+,35-18+,38-29+/t33-,34+,36-,37-,39-,40+,41+,42-,43+,44-,45+,46-,48-,49+,53-/m1/s1.